The van der Waals surface area contributed by atoms with Crippen LogP contribution in [-0.2, 0) is 11.2 Å². The molecule has 0 bridgehead atoms. The van der Waals surface area contributed by atoms with Gasteiger partial charge in [0.25, 0.3) is 0 Å². The standard InChI is InChI=1S/C16H16O2.Li.H/c17-16(18)12-15(14-9-5-2-6-10-14)11-13-7-3-1-4-8-13;;/h1-10,15H,11-12H2,(H,17,18);;. The van der Waals surface area contributed by atoms with E-state index in [0.717, 1.165) is 12.0 Å². The van der Waals surface area contributed by atoms with Crippen LogP contribution in [0.4, 0.5) is 0 Å². The molecule has 2 aromatic rings. The van der Waals surface area contributed by atoms with Gasteiger partial charge in [0.05, 0.1) is 6.42 Å². The molecule has 0 fully saturated rings. The molecule has 0 radical (unpaired) electrons. The van der Waals surface area contributed by atoms with Gasteiger partial charge in [-0.25, -0.2) is 0 Å². The molecule has 0 aliphatic rings. The summed E-state index contributed by atoms with van der Waals surface area (Å²) in [4.78, 5) is 11.0. The van der Waals surface area contributed by atoms with Gasteiger partial charge in [0.15, 0.2) is 0 Å². The zero-order valence-corrected chi connectivity index (χ0v) is 10.1. The average Bonchev–Trinajstić information content (AvgIpc) is 2.40. The van der Waals surface area contributed by atoms with Gasteiger partial charge in [0.2, 0.25) is 0 Å². The summed E-state index contributed by atoms with van der Waals surface area (Å²) >= 11 is 0. The predicted octanol–water partition coefficient (Wildman–Crippen LogP) is 2.84. The normalized spacial score (nSPS) is 11.4. The number of carboxylic acids is 1. The van der Waals surface area contributed by atoms with Crippen LogP contribution in [-0.4, -0.2) is 29.9 Å². The fourth-order valence-corrected chi connectivity index (χ4v) is 2.14. The number of carbonyl (C=O) groups is 1. The third-order valence-corrected chi connectivity index (χ3v) is 3.02. The topological polar surface area (TPSA) is 37.3 Å². The molecular weight excluding hydrogens is 231 g/mol. The number of aliphatic carboxylic acids is 1. The molecule has 0 aliphatic carbocycles. The Morgan fingerprint density at radius 2 is 1.47 bits per heavy atom. The van der Waals surface area contributed by atoms with E-state index in [1.807, 2.05) is 60.7 Å². The summed E-state index contributed by atoms with van der Waals surface area (Å²) in [5, 5.41) is 9.02. The first-order valence-electron chi connectivity index (χ1n) is 6.06. The number of hydrogen-bond donors (Lipinski definition) is 1. The van der Waals surface area contributed by atoms with Gasteiger partial charge in [-0.3, -0.25) is 4.79 Å². The third-order valence-electron chi connectivity index (χ3n) is 3.02. The number of benzene rings is 2. The number of hydrogen-bond acceptors (Lipinski definition) is 1. The van der Waals surface area contributed by atoms with Gasteiger partial charge in [-0.1, -0.05) is 60.7 Å². The first-order valence-corrected chi connectivity index (χ1v) is 6.06. The Labute approximate surface area is 125 Å². The van der Waals surface area contributed by atoms with Crippen LogP contribution in [0.15, 0.2) is 60.7 Å². The Kier molecular flexibility index (Phi) is 6.42. The predicted molar refractivity (Wildman–Crippen MR) is 78.7 cm³/mol. The van der Waals surface area contributed by atoms with Gasteiger partial charge in [0, 0.05) is 0 Å². The van der Waals surface area contributed by atoms with Crippen LogP contribution in [0.2, 0.25) is 0 Å². The Bertz CT molecular complexity index is 497. The van der Waals surface area contributed by atoms with Crippen molar-refractivity contribution in [3.05, 3.63) is 71.8 Å². The fourth-order valence-electron chi connectivity index (χ4n) is 2.14. The van der Waals surface area contributed by atoms with Crippen molar-refractivity contribution in [2.24, 2.45) is 0 Å². The molecule has 0 aliphatic heterocycles. The molecule has 2 nitrogen and oxygen atoms in total. The quantitative estimate of drug-likeness (QED) is 0.826. The van der Waals surface area contributed by atoms with Crippen LogP contribution in [0.25, 0.3) is 0 Å². The summed E-state index contributed by atoms with van der Waals surface area (Å²) < 4.78 is 0. The Morgan fingerprint density at radius 3 is 2.00 bits per heavy atom. The van der Waals surface area contributed by atoms with Crippen LogP contribution in [0.1, 0.15) is 23.5 Å². The summed E-state index contributed by atoms with van der Waals surface area (Å²) in [6, 6.07) is 19.9. The second-order valence-electron chi connectivity index (χ2n) is 4.40. The molecule has 2 rings (SSSR count). The minimum atomic E-state index is -0.750. The maximum absolute atomic E-state index is 11.0. The molecule has 0 amide bonds. The van der Waals surface area contributed by atoms with Crippen LogP contribution < -0.4 is 0 Å². The van der Waals surface area contributed by atoms with E-state index in [4.69, 9.17) is 5.11 Å². The van der Waals surface area contributed by atoms with Gasteiger partial charge < -0.3 is 5.11 Å². The van der Waals surface area contributed by atoms with Gasteiger partial charge in [-0.15, -0.1) is 0 Å². The summed E-state index contributed by atoms with van der Waals surface area (Å²) in [6.45, 7) is 0. The van der Waals surface area contributed by atoms with Crippen molar-refractivity contribution in [2.45, 2.75) is 18.8 Å². The van der Waals surface area contributed by atoms with Crippen molar-refractivity contribution in [1.29, 1.82) is 0 Å². The van der Waals surface area contributed by atoms with Crippen LogP contribution >= 0.6 is 0 Å². The molecule has 3 heteroatoms. The van der Waals surface area contributed by atoms with E-state index < -0.39 is 5.97 Å². The first kappa shape index (κ1) is 15.6. The van der Waals surface area contributed by atoms with E-state index in [0.29, 0.717) is 0 Å². The number of rotatable bonds is 5. The SMILES string of the molecule is O=C(O)CC(Cc1ccccc1)c1ccccc1.[LiH]. The van der Waals surface area contributed by atoms with Crippen molar-refractivity contribution < 1.29 is 9.90 Å². The monoisotopic (exact) mass is 248 g/mol. The maximum atomic E-state index is 11.0. The fraction of sp³-hybridized carbons (Fsp3) is 0.188. The van der Waals surface area contributed by atoms with Gasteiger partial charge >= 0.3 is 24.8 Å². The molecule has 1 N–H and O–H groups in total. The van der Waals surface area contributed by atoms with Crippen molar-refractivity contribution in [3.8, 4) is 0 Å². The zero-order chi connectivity index (χ0) is 12.8. The third kappa shape index (κ3) is 4.94. The molecular formula is C16H17LiO2. The van der Waals surface area contributed by atoms with Crippen molar-refractivity contribution in [3.63, 3.8) is 0 Å². The van der Waals surface area contributed by atoms with Gasteiger partial charge in [-0.2, -0.15) is 0 Å². The molecule has 1 unspecified atom stereocenters. The van der Waals surface area contributed by atoms with Crippen LogP contribution in [0.3, 0.4) is 0 Å². The van der Waals surface area contributed by atoms with E-state index in [9.17, 15) is 4.79 Å². The molecule has 0 heterocycles. The Hall–Kier alpha value is -1.49. The van der Waals surface area contributed by atoms with Crippen LogP contribution in [0.5, 0.6) is 0 Å². The van der Waals surface area contributed by atoms with E-state index in [2.05, 4.69) is 0 Å². The van der Waals surface area contributed by atoms with Crippen molar-refractivity contribution >= 4 is 24.8 Å². The molecule has 2 aromatic carbocycles. The minimum absolute atomic E-state index is 0. The summed E-state index contributed by atoms with van der Waals surface area (Å²) in [5.41, 5.74) is 2.26. The summed E-state index contributed by atoms with van der Waals surface area (Å²) in [6.07, 6.45) is 0.927. The molecule has 1 atom stereocenters. The molecule has 0 saturated carbocycles. The van der Waals surface area contributed by atoms with E-state index in [1.54, 1.807) is 0 Å². The Morgan fingerprint density at radius 1 is 0.947 bits per heavy atom. The summed E-state index contributed by atoms with van der Waals surface area (Å²) in [7, 11) is 0. The van der Waals surface area contributed by atoms with Gasteiger partial charge in [-0.05, 0) is 23.5 Å². The second kappa shape index (κ2) is 7.84. The molecule has 19 heavy (non-hydrogen) atoms. The van der Waals surface area contributed by atoms with Gasteiger partial charge in [0.1, 0.15) is 0 Å². The van der Waals surface area contributed by atoms with Crippen LogP contribution in [0, 0.1) is 0 Å². The number of carboxylic acid groups (broad SMARTS) is 1. The molecule has 0 spiro atoms. The average molecular weight is 248 g/mol. The van der Waals surface area contributed by atoms with Crippen molar-refractivity contribution in [2.75, 3.05) is 0 Å². The molecule has 94 valence electrons. The molecule has 0 aromatic heterocycles. The zero-order valence-electron chi connectivity index (χ0n) is 10.1. The van der Waals surface area contributed by atoms with Crippen molar-refractivity contribution in [1.82, 2.24) is 0 Å². The van der Waals surface area contributed by atoms with E-state index in [1.165, 1.54) is 5.56 Å². The molecule has 0 saturated heterocycles. The second-order valence-corrected chi connectivity index (χ2v) is 4.40. The Balaban J connectivity index is 0.00000180. The first-order chi connectivity index (χ1) is 8.75. The summed E-state index contributed by atoms with van der Waals surface area (Å²) in [5.74, 6) is -0.717. The van der Waals surface area contributed by atoms with E-state index >= 15 is 0 Å². The van der Waals surface area contributed by atoms with E-state index in [-0.39, 0.29) is 31.2 Å².